The minimum Gasteiger partial charge on any atom is -0.326 e. The summed E-state index contributed by atoms with van der Waals surface area (Å²) >= 11 is 7.50. The average molecular weight is 224 g/mol. The van der Waals surface area contributed by atoms with Gasteiger partial charge >= 0.3 is 0 Å². The van der Waals surface area contributed by atoms with Gasteiger partial charge in [0, 0.05) is 11.6 Å². The Morgan fingerprint density at radius 1 is 1.14 bits per heavy atom. The molecule has 1 nitrogen and oxygen atoms in total. The van der Waals surface area contributed by atoms with E-state index < -0.39 is 0 Å². The number of hydrogen-bond acceptors (Lipinski definition) is 2. The number of nitrogens with two attached hydrogens (primary N) is 1. The van der Waals surface area contributed by atoms with Gasteiger partial charge in [-0.3, -0.25) is 0 Å². The Morgan fingerprint density at radius 3 is 2.50 bits per heavy atom. The van der Waals surface area contributed by atoms with E-state index in [9.17, 15) is 0 Å². The highest BCUT2D eigenvalue weighted by Gasteiger charge is 2.04. The monoisotopic (exact) mass is 223 g/mol. The Balaban J connectivity index is 2.44. The summed E-state index contributed by atoms with van der Waals surface area (Å²) in [5.74, 6) is 0. The Kier molecular flexibility index (Phi) is 2.87. The average Bonchev–Trinajstić information content (AvgIpc) is 2.67. The summed E-state index contributed by atoms with van der Waals surface area (Å²) in [5.41, 5.74) is 9.23. The first-order valence-electron chi connectivity index (χ1n) is 4.32. The Morgan fingerprint density at radius 2 is 1.86 bits per heavy atom. The van der Waals surface area contributed by atoms with Crippen LogP contribution in [0, 0.1) is 0 Å². The van der Waals surface area contributed by atoms with Crippen molar-refractivity contribution in [1.82, 2.24) is 0 Å². The molecule has 0 spiro atoms. The van der Waals surface area contributed by atoms with Crippen LogP contribution in [0.2, 0.25) is 5.02 Å². The zero-order chi connectivity index (χ0) is 9.97. The van der Waals surface area contributed by atoms with E-state index in [0.29, 0.717) is 6.54 Å². The summed E-state index contributed by atoms with van der Waals surface area (Å²) < 4.78 is 0. The first-order valence-corrected chi connectivity index (χ1v) is 5.64. The molecule has 72 valence electrons. The number of rotatable bonds is 2. The predicted molar refractivity (Wildman–Crippen MR) is 62.7 cm³/mol. The molecule has 0 saturated heterocycles. The molecule has 0 amide bonds. The van der Waals surface area contributed by atoms with Gasteiger partial charge < -0.3 is 5.73 Å². The van der Waals surface area contributed by atoms with Gasteiger partial charge in [0.25, 0.3) is 0 Å². The van der Waals surface area contributed by atoms with Crippen LogP contribution in [0.3, 0.4) is 0 Å². The zero-order valence-corrected chi connectivity index (χ0v) is 9.11. The molecule has 2 aromatic rings. The van der Waals surface area contributed by atoms with E-state index in [0.717, 1.165) is 5.02 Å². The first kappa shape index (κ1) is 9.71. The fourth-order valence-electron chi connectivity index (χ4n) is 1.36. The summed E-state index contributed by atoms with van der Waals surface area (Å²) in [5, 5.41) is 4.97. The van der Waals surface area contributed by atoms with E-state index >= 15 is 0 Å². The largest absolute Gasteiger partial charge is 0.326 e. The third-order valence-corrected chi connectivity index (χ3v) is 3.16. The topological polar surface area (TPSA) is 26.0 Å². The molecule has 0 unspecified atom stereocenters. The maximum absolute atomic E-state index is 5.82. The standard InChI is InChI=1S/C11H10ClNS/c12-10-3-1-8(2-4-10)11-7-14-6-9(11)5-13/h1-4,6-7H,5,13H2. The second-order valence-corrected chi connectivity index (χ2v) is 4.20. The summed E-state index contributed by atoms with van der Waals surface area (Å²) in [4.78, 5) is 0. The van der Waals surface area contributed by atoms with Crippen LogP contribution in [-0.4, -0.2) is 0 Å². The van der Waals surface area contributed by atoms with Crippen molar-refractivity contribution in [1.29, 1.82) is 0 Å². The summed E-state index contributed by atoms with van der Waals surface area (Å²) in [6.07, 6.45) is 0. The maximum Gasteiger partial charge on any atom is 0.0406 e. The van der Waals surface area contributed by atoms with Gasteiger partial charge in [-0.1, -0.05) is 23.7 Å². The van der Waals surface area contributed by atoms with Crippen molar-refractivity contribution in [2.45, 2.75) is 6.54 Å². The van der Waals surface area contributed by atoms with Crippen LogP contribution in [0.4, 0.5) is 0 Å². The van der Waals surface area contributed by atoms with Crippen LogP contribution < -0.4 is 5.73 Å². The SMILES string of the molecule is NCc1cscc1-c1ccc(Cl)cc1. The second kappa shape index (κ2) is 4.13. The van der Waals surface area contributed by atoms with Gasteiger partial charge in [0.15, 0.2) is 0 Å². The van der Waals surface area contributed by atoms with Gasteiger partial charge in [-0.2, -0.15) is 11.3 Å². The van der Waals surface area contributed by atoms with E-state index in [-0.39, 0.29) is 0 Å². The molecule has 0 fully saturated rings. The minimum absolute atomic E-state index is 0.585. The molecule has 0 aliphatic heterocycles. The molecule has 0 aliphatic carbocycles. The number of hydrogen-bond donors (Lipinski definition) is 1. The molecule has 2 rings (SSSR count). The lowest BCUT2D eigenvalue weighted by atomic mass is 10.1. The van der Waals surface area contributed by atoms with Crippen LogP contribution in [0.1, 0.15) is 5.56 Å². The molecular formula is C11H10ClNS. The number of halogens is 1. The maximum atomic E-state index is 5.82. The van der Waals surface area contributed by atoms with Gasteiger partial charge in [-0.15, -0.1) is 0 Å². The lowest BCUT2D eigenvalue weighted by molar-refractivity contribution is 1.08. The highest BCUT2D eigenvalue weighted by atomic mass is 35.5. The Labute approximate surface area is 92.1 Å². The van der Waals surface area contributed by atoms with Crippen LogP contribution in [0.5, 0.6) is 0 Å². The lowest BCUT2D eigenvalue weighted by Crippen LogP contribution is -1.95. The Hall–Kier alpha value is -0.830. The molecular weight excluding hydrogens is 214 g/mol. The molecule has 1 aromatic heterocycles. The van der Waals surface area contributed by atoms with Gasteiger partial charge in [0.2, 0.25) is 0 Å². The summed E-state index contributed by atoms with van der Waals surface area (Å²) in [7, 11) is 0. The van der Waals surface area contributed by atoms with E-state index in [4.69, 9.17) is 17.3 Å². The van der Waals surface area contributed by atoms with Gasteiger partial charge in [-0.05, 0) is 39.6 Å². The molecule has 1 aromatic carbocycles. The fourth-order valence-corrected chi connectivity index (χ4v) is 2.37. The summed E-state index contributed by atoms with van der Waals surface area (Å²) in [6.45, 7) is 0.585. The minimum atomic E-state index is 0.585. The van der Waals surface area contributed by atoms with Gasteiger partial charge in [0.05, 0.1) is 0 Å². The fraction of sp³-hybridized carbons (Fsp3) is 0.0909. The van der Waals surface area contributed by atoms with Crippen molar-refractivity contribution < 1.29 is 0 Å². The molecule has 0 aliphatic rings. The quantitative estimate of drug-likeness (QED) is 0.828. The van der Waals surface area contributed by atoms with E-state index in [1.54, 1.807) is 11.3 Å². The summed E-state index contributed by atoms with van der Waals surface area (Å²) in [6, 6.07) is 7.83. The van der Waals surface area contributed by atoms with E-state index in [1.165, 1.54) is 16.7 Å². The molecule has 0 atom stereocenters. The third-order valence-electron chi connectivity index (χ3n) is 2.12. The molecule has 3 heteroatoms. The van der Waals surface area contributed by atoms with Crippen molar-refractivity contribution in [2.75, 3.05) is 0 Å². The smallest absolute Gasteiger partial charge is 0.0406 e. The zero-order valence-electron chi connectivity index (χ0n) is 7.53. The van der Waals surface area contributed by atoms with Gasteiger partial charge in [0.1, 0.15) is 0 Å². The highest BCUT2D eigenvalue weighted by molar-refractivity contribution is 7.08. The van der Waals surface area contributed by atoms with Crippen LogP contribution >= 0.6 is 22.9 Å². The van der Waals surface area contributed by atoms with Crippen molar-refractivity contribution in [3.63, 3.8) is 0 Å². The molecule has 0 saturated carbocycles. The molecule has 2 N–H and O–H groups in total. The van der Waals surface area contributed by atoms with Crippen molar-refractivity contribution in [2.24, 2.45) is 5.73 Å². The van der Waals surface area contributed by atoms with Crippen LogP contribution in [0.15, 0.2) is 35.0 Å². The van der Waals surface area contributed by atoms with E-state index in [1.807, 2.05) is 24.3 Å². The molecule has 1 heterocycles. The van der Waals surface area contributed by atoms with Crippen LogP contribution in [0.25, 0.3) is 11.1 Å². The first-order chi connectivity index (χ1) is 6.81. The van der Waals surface area contributed by atoms with Crippen molar-refractivity contribution in [3.05, 3.63) is 45.6 Å². The van der Waals surface area contributed by atoms with Crippen LogP contribution in [-0.2, 0) is 6.54 Å². The third kappa shape index (κ3) is 1.82. The number of thiophene rings is 1. The van der Waals surface area contributed by atoms with Gasteiger partial charge in [-0.25, -0.2) is 0 Å². The highest BCUT2D eigenvalue weighted by Crippen LogP contribution is 2.27. The van der Waals surface area contributed by atoms with E-state index in [2.05, 4.69) is 10.8 Å². The molecule has 0 bridgehead atoms. The lowest BCUT2D eigenvalue weighted by Gasteiger charge is -2.01. The number of benzene rings is 1. The molecule has 0 radical (unpaired) electrons. The normalized spacial score (nSPS) is 10.4. The van der Waals surface area contributed by atoms with Crippen molar-refractivity contribution in [3.8, 4) is 11.1 Å². The Bertz CT molecular complexity index is 419. The van der Waals surface area contributed by atoms with Crippen molar-refractivity contribution >= 4 is 22.9 Å². The predicted octanol–water partition coefficient (Wildman–Crippen LogP) is 3.53. The second-order valence-electron chi connectivity index (χ2n) is 3.02. The molecule has 14 heavy (non-hydrogen) atoms.